The third-order valence-corrected chi connectivity index (χ3v) is 11.7. The lowest BCUT2D eigenvalue weighted by Gasteiger charge is -2.61. The van der Waals surface area contributed by atoms with Gasteiger partial charge in [0.15, 0.2) is 5.78 Å². The van der Waals surface area contributed by atoms with Crippen molar-refractivity contribution >= 4 is 17.5 Å². The molecule has 0 bridgehead atoms. The van der Waals surface area contributed by atoms with Crippen LogP contribution in [0.3, 0.4) is 0 Å². The number of ether oxygens (including phenoxy) is 1. The van der Waals surface area contributed by atoms with E-state index in [1.807, 2.05) is 6.08 Å². The Labute approximate surface area is 220 Å². The summed E-state index contributed by atoms with van der Waals surface area (Å²) in [5, 5.41) is 0. The standard InChI is InChI=1S/C32H52O4/c1-21-20-28(4,5)15-17-32(21,27(35)36-10)18-16-29(6,7)31(9)14-11-24-23(3)25(34)12-13-30(24,8)26(31)19-22(2)33/h19,21,23-24H,11-18,20H2,1-10H3/b26-19-/t21?,23-,24-,30-,31+,32-/m0/s1. The molecule has 0 aromatic carbocycles. The highest BCUT2D eigenvalue weighted by Gasteiger charge is 2.59. The number of methoxy groups -OCH3 is 1. The number of hydrogen-bond acceptors (Lipinski definition) is 4. The van der Waals surface area contributed by atoms with Crippen molar-refractivity contribution in [1.29, 1.82) is 0 Å². The van der Waals surface area contributed by atoms with E-state index in [0.29, 0.717) is 12.2 Å². The molecule has 3 aliphatic carbocycles. The van der Waals surface area contributed by atoms with Crippen LogP contribution in [-0.4, -0.2) is 24.6 Å². The van der Waals surface area contributed by atoms with Crippen LogP contribution in [0.1, 0.15) is 120 Å². The molecule has 3 aliphatic rings. The Morgan fingerprint density at radius 1 is 1.06 bits per heavy atom. The van der Waals surface area contributed by atoms with Crippen molar-refractivity contribution in [2.75, 3.05) is 7.11 Å². The first-order chi connectivity index (χ1) is 16.5. The molecule has 3 fully saturated rings. The molecule has 0 spiro atoms. The second-order valence-electron chi connectivity index (χ2n) is 14.6. The third kappa shape index (κ3) is 4.75. The minimum atomic E-state index is -0.449. The summed E-state index contributed by atoms with van der Waals surface area (Å²) in [5.41, 5.74) is 0.589. The quantitative estimate of drug-likeness (QED) is 0.276. The highest BCUT2D eigenvalue weighted by atomic mass is 16.5. The number of Topliss-reactive ketones (excluding diaryl/α,β-unsaturated/α-hetero) is 1. The summed E-state index contributed by atoms with van der Waals surface area (Å²) < 4.78 is 5.42. The van der Waals surface area contributed by atoms with Gasteiger partial charge in [0.05, 0.1) is 12.5 Å². The fourth-order valence-corrected chi connectivity index (χ4v) is 8.64. The van der Waals surface area contributed by atoms with Gasteiger partial charge < -0.3 is 4.74 Å². The van der Waals surface area contributed by atoms with E-state index >= 15 is 0 Å². The summed E-state index contributed by atoms with van der Waals surface area (Å²) in [4.78, 5) is 38.5. The number of esters is 1. The van der Waals surface area contributed by atoms with Crippen molar-refractivity contribution in [1.82, 2.24) is 0 Å². The molecule has 0 aliphatic heterocycles. The number of allylic oxidation sites excluding steroid dienone is 2. The van der Waals surface area contributed by atoms with Crippen molar-refractivity contribution < 1.29 is 19.1 Å². The molecule has 4 nitrogen and oxygen atoms in total. The van der Waals surface area contributed by atoms with Gasteiger partial charge in [-0.2, -0.15) is 0 Å². The second-order valence-corrected chi connectivity index (χ2v) is 14.6. The average molecular weight is 501 g/mol. The molecule has 0 saturated heterocycles. The summed E-state index contributed by atoms with van der Waals surface area (Å²) >= 11 is 0. The second kappa shape index (κ2) is 9.70. The molecule has 0 heterocycles. The number of fused-ring (bicyclic) bond motifs is 1. The lowest BCUT2D eigenvalue weighted by molar-refractivity contribution is -0.162. The lowest BCUT2D eigenvalue weighted by atomic mass is 9.43. The van der Waals surface area contributed by atoms with Gasteiger partial charge in [-0.3, -0.25) is 14.4 Å². The molecule has 3 saturated carbocycles. The fourth-order valence-electron chi connectivity index (χ4n) is 8.64. The predicted molar refractivity (Wildman–Crippen MR) is 145 cm³/mol. The van der Waals surface area contributed by atoms with E-state index in [-0.39, 0.29) is 51.2 Å². The first kappa shape index (κ1) is 29.1. The Morgan fingerprint density at radius 2 is 1.69 bits per heavy atom. The zero-order chi connectivity index (χ0) is 27.3. The van der Waals surface area contributed by atoms with Gasteiger partial charge in [-0.1, -0.05) is 61.0 Å². The molecular weight excluding hydrogens is 448 g/mol. The van der Waals surface area contributed by atoms with Crippen LogP contribution >= 0.6 is 0 Å². The molecule has 36 heavy (non-hydrogen) atoms. The minimum absolute atomic E-state index is 0.0424. The monoisotopic (exact) mass is 500 g/mol. The van der Waals surface area contributed by atoms with Gasteiger partial charge >= 0.3 is 5.97 Å². The van der Waals surface area contributed by atoms with E-state index in [0.717, 1.165) is 51.4 Å². The predicted octanol–water partition coefficient (Wildman–Crippen LogP) is 7.74. The van der Waals surface area contributed by atoms with Crippen LogP contribution < -0.4 is 0 Å². The maximum atomic E-state index is 13.3. The Morgan fingerprint density at radius 3 is 2.25 bits per heavy atom. The molecule has 0 N–H and O–H groups in total. The maximum Gasteiger partial charge on any atom is 0.312 e. The molecule has 0 amide bonds. The van der Waals surface area contributed by atoms with E-state index in [4.69, 9.17) is 4.74 Å². The van der Waals surface area contributed by atoms with Crippen LogP contribution in [0.2, 0.25) is 0 Å². The van der Waals surface area contributed by atoms with Crippen LogP contribution in [0.4, 0.5) is 0 Å². The average Bonchev–Trinajstić information content (AvgIpc) is 2.78. The fraction of sp³-hybridized carbons (Fsp3) is 0.844. The highest BCUT2D eigenvalue weighted by molar-refractivity contribution is 5.89. The molecule has 0 radical (unpaired) electrons. The Kier molecular flexibility index (Phi) is 7.84. The summed E-state index contributed by atoms with van der Waals surface area (Å²) in [7, 11) is 1.53. The summed E-state index contributed by atoms with van der Waals surface area (Å²) in [6.07, 6.45) is 9.94. The third-order valence-electron chi connectivity index (χ3n) is 11.7. The first-order valence-electron chi connectivity index (χ1n) is 14.3. The molecule has 204 valence electrons. The number of hydrogen-bond donors (Lipinski definition) is 0. The SMILES string of the molecule is COC(=O)[C@]1(CCC(C)(C)[C@]2(C)CC[C@H]3[C@H](C)C(=O)CC[C@]3(C)/C2=C/C(C)=O)CCC(C)(C)CC1C. The van der Waals surface area contributed by atoms with Crippen LogP contribution in [0, 0.1) is 44.8 Å². The zero-order valence-electron chi connectivity index (χ0n) is 24.8. The summed E-state index contributed by atoms with van der Waals surface area (Å²) in [6.45, 7) is 19.9. The van der Waals surface area contributed by atoms with Gasteiger partial charge in [0.2, 0.25) is 0 Å². The van der Waals surface area contributed by atoms with E-state index in [1.54, 1.807) is 6.92 Å². The number of rotatable bonds is 6. The number of carbonyl (C=O) groups is 3. The number of ketones is 2. The van der Waals surface area contributed by atoms with Crippen molar-refractivity contribution in [2.24, 2.45) is 44.8 Å². The van der Waals surface area contributed by atoms with E-state index < -0.39 is 5.41 Å². The van der Waals surface area contributed by atoms with Crippen molar-refractivity contribution in [3.8, 4) is 0 Å². The molecule has 0 aromatic rings. The molecule has 6 atom stereocenters. The van der Waals surface area contributed by atoms with Crippen LogP contribution in [-0.2, 0) is 19.1 Å². The minimum Gasteiger partial charge on any atom is -0.469 e. The maximum absolute atomic E-state index is 13.3. The normalized spacial score (nSPS) is 40.0. The Hall–Kier alpha value is -1.45. The van der Waals surface area contributed by atoms with Gasteiger partial charge in [0.25, 0.3) is 0 Å². The molecule has 0 aromatic heterocycles. The van der Waals surface area contributed by atoms with Gasteiger partial charge in [0.1, 0.15) is 5.78 Å². The van der Waals surface area contributed by atoms with Crippen LogP contribution in [0.25, 0.3) is 0 Å². The van der Waals surface area contributed by atoms with Crippen molar-refractivity contribution in [3.63, 3.8) is 0 Å². The summed E-state index contributed by atoms with van der Waals surface area (Å²) in [6, 6.07) is 0. The molecule has 4 heteroatoms. The number of carbonyl (C=O) groups excluding carboxylic acids is 3. The van der Waals surface area contributed by atoms with Crippen LogP contribution in [0.15, 0.2) is 11.6 Å². The Balaban J connectivity index is 1.97. The van der Waals surface area contributed by atoms with Gasteiger partial charge in [0, 0.05) is 12.3 Å². The van der Waals surface area contributed by atoms with E-state index in [9.17, 15) is 14.4 Å². The van der Waals surface area contributed by atoms with Gasteiger partial charge in [-0.25, -0.2) is 0 Å². The highest BCUT2D eigenvalue weighted by Crippen LogP contribution is 2.66. The topological polar surface area (TPSA) is 60.4 Å². The van der Waals surface area contributed by atoms with Crippen molar-refractivity contribution in [2.45, 2.75) is 120 Å². The summed E-state index contributed by atoms with van der Waals surface area (Å²) in [5.74, 6) is 1.00. The first-order valence-corrected chi connectivity index (χ1v) is 14.3. The van der Waals surface area contributed by atoms with Gasteiger partial charge in [-0.05, 0) is 97.9 Å². The van der Waals surface area contributed by atoms with Gasteiger partial charge in [-0.15, -0.1) is 0 Å². The lowest BCUT2D eigenvalue weighted by Crippen LogP contribution is -2.54. The van der Waals surface area contributed by atoms with E-state index in [1.165, 1.54) is 12.7 Å². The molecule has 3 rings (SSSR count). The largest absolute Gasteiger partial charge is 0.469 e. The van der Waals surface area contributed by atoms with E-state index in [2.05, 4.69) is 55.4 Å². The van der Waals surface area contributed by atoms with Crippen molar-refractivity contribution in [3.05, 3.63) is 11.6 Å². The zero-order valence-corrected chi connectivity index (χ0v) is 24.8. The smallest absolute Gasteiger partial charge is 0.312 e. The van der Waals surface area contributed by atoms with Crippen LogP contribution in [0.5, 0.6) is 0 Å². The Bertz CT molecular complexity index is 926. The molecular formula is C32H52O4. The molecule has 1 unspecified atom stereocenters.